The van der Waals surface area contributed by atoms with Gasteiger partial charge in [0.2, 0.25) is 0 Å². The number of benzene rings is 1. The zero-order valence-corrected chi connectivity index (χ0v) is 14.5. The summed E-state index contributed by atoms with van der Waals surface area (Å²) in [7, 11) is 0. The van der Waals surface area contributed by atoms with Gasteiger partial charge < -0.3 is 5.32 Å². The average Bonchev–Trinajstić information content (AvgIpc) is 3.11. The molecule has 1 aromatic carbocycles. The van der Waals surface area contributed by atoms with E-state index < -0.39 is 0 Å². The van der Waals surface area contributed by atoms with Gasteiger partial charge in [-0.15, -0.1) is 11.3 Å². The minimum Gasteiger partial charge on any atom is -0.309 e. The van der Waals surface area contributed by atoms with Gasteiger partial charge in [0.05, 0.1) is 5.69 Å². The average molecular weight is 334 g/mol. The van der Waals surface area contributed by atoms with E-state index in [1.54, 1.807) is 23.5 Å². The number of thiazole rings is 1. The van der Waals surface area contributed by atoms with Crippen molar-refractivity contribution in [1.82, 2.24) is 21.2 Å². The van der Waals surface area contributed by atoms with Crippen molar-refractivity contribution in [2.75, 3.05) is 13.1 Å². The van der Waals surface area contributed by atoms with Gasteiger partial charge in [0.1, 0.15) is 10.8 Å². The van der Waals surface area contributed by atoms with Crippen LogP contribution in [0.25, 0.3) is 10.6 Å². The maximum absolute atomic E-state index is 13.1. The maximum atomic E-state index is 13.1. The summed E-state index contributed by atoms with van der Waals surface area (Å²) in [5.41, 5.74) is 8.46. The van der Waals surface area contributed by atoms with Gasteiger partial charge in [-0.2, -0.15) is 0 Å². The first-order chi connectivity index (χ1) is 11.0. The van der Waals surface area contributed by atoms with Crippen LogP contribution in [0.2, 0.25) is 0 Å². The molecule has 0 aliphatic carbocycles. The Labute approximate surface area is 140 Å². The quantitative estimate of drug-likeness (QED) is 0.787. The van der Waals surface area contributed by atoms with Crippen LogP contribution < -0.4 is 16.2 Å². The topological polar surface area (TPSA) is 49.0 Å². The molecule has 1 aromatic heterocycles. The van der Waals surface area contributed by atoms with E-state index in [0.29, 0.717) is 12.0 Å². The number of aromatic nitrogens is 1. The molecule has 124 valence electrons. The Morgan fingerprint density at radius 1 is 1.39 bits per heavy atom. The first kappa shape index (κ1) is 16.5. The lowest BCUT2D eigenvalue weighted by Gasteiger charge is -2.18. The number of rotatable bonds is 5. The van der Waals surface area contributed by atoms with E-state index in [1.165, 1.54) is 17.0 Å². The van der Waals surface area contributed by atoms with Crippen molar-refractivity contribution in [3.8, 4) is 10.6 Å². The first-order valence-corrected chi connectivity index (χ1v) is 8.81. The van der Waals surface area contributed by atoms with Gasteiger partial charge in [-0.1, -0.05) is 0 Å². The summed E-state index contributed by atoms with van der Waals surface area (Å²) in [6, 6.07) is 7.27. The second kappa shape index (κ2) is 7.05. The minimum absolute atomic E-state index is 0.217. The van der Waals surface area contributed by atoms with E-state index in [1.807, 2.05) is 6.92 Å². The van der Waals surface area contributed by atoms with Crippen LogP contribution >= 0.6 is 11.3 Å². The molecule has 1 aliphatic rings. The van der Waals surface area contributed by atoms with E-state index in [2.05, 4.69) is 35.0 Å². The highest BCUT2D eigenvalue weighted by Gasteiger charge is 2.23. The molecule has 0 radical (unpaired) electrons. The lowest BCUT2D eigenvalue weighted by atomic mass is 10.0. The first-order valence-electron chi connectivity index (χ1n) is 7.99. The Morgan fingerprint density at radius 3 is 2.78 bits per heavy atom. The van der Waals surface area contributed by atoms with Crippen LogP contribution in [0, 0.1) is 18.7 Å². The van der Waals surface area contributed by atoms with Crippen LogP contribution in [-0.4, -0.2) is 24.1 Å². The fourth-order valence-electron chi connectivity index (χ4n) is 2.84. The molecule has 0 bridgehead atoms. The molecule has 1 saturated heterocycles. The molecule has 3 unspecified atom stereocenters. The van der Waals surface area contributed by atoms with Crippen LogP contribution in [0.3, 0.4) is 0 Å². The molecule has 1 fully saturated rings. The Bertz CT molecular complexity index is 655. The van der Waals surface area contributed by atoms with E-state index in [4.69, 9.17) is 0 Å². The minimum atomic E-state index is -0.217. The zero-order chi connectivity index (χ0) is 16.4. The summed E-state index contributed by atoms with van der Waals surface area (Å²) in [4.78, 5) is 5.90. The van der Waals surface area contributed by atoms with Crippen LogP contribution in [0.5, 0.6) is 0 Å². The molecular formula is C17H23FN4S. The Kier molecular flexibility index (Phi) is 5.06. The number of nitrogens with one attached hydrogen (secondary N) is 3. The zero-order valence-electron chi connectivity index (χ0n) is 13.7. The van der Waals surface area contributed by atoms with Crippen molar-refractivity contribution in [3.05, 3.63) is 40.7 Å². The smallest absolute Gasteiger partial charge is 0.123 e. The number of hydrogen-bond donors (Lipinski definition) is 3. The Balaban J connectivity index is 1.68. The highest BCUT2D eigenvalue weighted by atomic mass is 32.1. The van der Waals surface area contributed by atoms with Gasteiger partial charge in [0.15, 0.2) is 0 Å². The predicted octanol–water partition coefficient (Wildman–Crippen LogP) is 3.02. The van der Waals surface area contributed by atoms with Gasteiger partial charge >= 0.3 is 0 Å². The molecule has 0 spiro atoms. The molecule has 3 N–H and O–H groups in total. The van der Waals surface area contributed by atoms with Crippen molar-refractivity contribution in [2.45, 2.75) is 32.9 Å². The normalized spacial score (nSPS) is 22.4. The van der Waals surface area contributed by atoms with Crippen LogP contribution in [-0.2, 0) is 0 Å². The SMILES string of the molecule is Cc1nc(-c2ccc(F)cc2)sc1C(C)NCC1CNNC1C. The van der Waals surface area contributed by atoms with Gasteiger partial charge in [-0.3, -0.25) is 10.9 Å². The van der Waals surface area contributed by atoms with E-state index in [0.717, 1.165) is 29.4 Å². The fraction of sp³-hybridized carbons (Fsp3) is 0.471. The maximum Gasteiger partial charge on any atom is 0.123 e. The summed E-state index contributed by atoms with van der Waals surface area (Å²) in [6.45, 7) is 8.37. The molecule has 0 saturated carbocycles. The van der Waals surface area contributed by atoms with Crippen molar-refractivity contribution >= 4 is 11.3 Å². The largest absolute Gasteiger partial charge is 0.309 e. The summed E-state index contributed by atoms with van der Waals surface area (Å²) in [5, 5.41) is 4.56. The molecule has 3 rings (SSSR count). The van der Waals surface area contributed by atoms with E-state index in [-0.39, 0.29) is 11.9 Å². The van der Waals surface area contributed by atoms with Gasteiger partial charge in [-0.05, 0) is 45.0 Å². The second-order valence-corrected chi connectivity index (χ2v) is 7.21. The predicted molar refractivity (Wildman–Crippen MR) is 92.8 cm³/mol. The molecule has 4 nitrogen and oxygen atoms in total. The van der Waals surface area contributed by atoms with Gasteiger partial charge in [-0.25, -0.2) is 9.37 Å². The molecule has 0 amide bonds. The van der Waals surface area contributed by atoms with Crippen molar-refractivity contribution in [2.24, 2.45) is 5.92 Å². The fourth-order valence-corrected chi connectivity index (χ4v) is 3.94. The third-order valence-electron chi connectivity index (χ3n) is 4.40. The standard InChI is InChI=1S/C17H23FN4S/c1-10-14(9-20-22-10)8-19-11(2)16-12(3)21-17(23-16)13-4-6-15(18)7-5-13/h4-7,10-11,14,19-20,22H,8-9H2,1-3H3. The molecular weight excluding hydrogens is 311 g/mol. The van der Waals surface area contributed by atoms with Gasteiger partial charge in [0, 0.05) is 41.5 Å². The molecule has 2 heterocycles. The number of aryl methyl sites for hydroxylation is 1. The summed E-state index contributed by atoms with van der Waals surface area (Å²) >= 11 is 1.68. The lowest BCUT2D eigenvalue weighted by Crippen LogP contribution is -2.33. The monoisotopic (exact) mass is 334 g/mol. The third kappa shape index (κ3) is 3.77. The van der Waals surface area contributed by atoms with Crippen LogP contribution in [0.4, 0.5) is 4.39 Å². The Hall–Kier alpha value is -1.34. The lowest BCUT2D eigenvalue weighted by molar-refractivity contribution is 0.430. The third-order valence-corrected chi connectivity index (χ3v) is 5.79. The molecule has 2 aromatic rings. The van der Waals surface area contributed by atoms with E-state index in [9.17, 15) is 4.39 Å². The molecule has 6 heteroatoms. The molecule has 3 atom stereocenters. The second-order valence-electron chi connectivity index (χ2n) is 6.18. The van der Waals surface area contributed by atoms with Gasteiger partial charge in [0.25, 0.3) is 0 Å². The van der Waals surface area contributed by atoms with E-state index >= 15 is 0 Å². The van der Waals surface area contributed by atoms with Crippen molar-refractivity contribution < 1.29 is 4.39 Å². The summed E-state index contributed by atoms with van der Waals surface area (Å²) in [5.74, 6) is 0.368. The molecule has 1 aliphatic heterocycles. The van der Waals surface area contributed by atoms with Crippen LogP contribution in [0.1, 0.15) is 30.5 Å². The van der Waals surface area contributed by atoms with Crippen LogP contribution in [0.15, 0.2) is 24.3 Å². The number of hydrogen-bond acceptors (Lipinski definition) is 5. The highest BCUT2D eigenvalue weighted by molar-refractivity contribution is 7.15. The summed E-state index contributed by atoms with van der Waals surface area (Å²) < 4.78 is 13.1. The number of hydrazine groups is 1. The summed E-state index contributed by atoms with van der Waals surface area (Å²) in [6.07, 6.45) is 0. The number of nitrogens with zero attached hydrogens (tertiary/aromatic N) is 1. The molecule has 23 heavy (non-hydrogen) atoms. The number of halogens is 1. The van der Waals surface area contributed by atoms with Crippen molar-refractivity contribution in [1.29, 1.82) is 0 Å². The Morgan fingerprint density at radius 2 is 2.13 bits per heavy atom. The highest BCUT2D eigenvalue weighted by Crippen LogP contribution is 2.31. The van der Waals surface area contributed by atoms with Crippen molar-refractivity contribution in [3.63, 3.8) is 0 Å².